The van der Waals surface area contributed by atoms with Gasteiger partial charge in [-0.25, -0.2) is 5.01 Å². The second-order valence-corrected chi connectivity index (χ2v) is 10.5. The maximum atomic E-state index is 13.0. The first kappa shape index (κ1) is 22.0. The van der Waals surface area contributed by atoms with Crippen molar-refractivity contribution < 1.29 is 4.39 Å². The topological polar surface area (TPSA) is 56.1 Å². The lowest BCUT2D eigenvalue weighted by molar-refractivity contribution is 0.0879. The largest absolute Gasteiger partial charge is 0.365 e. The average Bonchev–Trinajstić information content (AvgIpc) is 3.24. The summed E-state index contributed by atoms with van der Waals surface area (Å²) in [4.78, 5) is 11.9. The Hall–Kier alpha value is -1.80. The zero-order chi connectivity index (χ0) is 21.9. The molecular formula is C24H32BrFN6. The highest BCUT2D eigenvalue weighted by atomic mass is 79.9. The van der Waals surface area contributed by atoms with Gasteiger partial charge in [0.25, 0.3) is 0 Å². The Bertz CT molecular complexity index is 867. The molecule has 172 valence electrons. The van der Waals surface area contributed by atoms with Crippen LogP contribution in [0.25, 0.3) is 0 Å². The Morgan fingerprint density at radius 1 is 1.22 bits per heavy atom. The molecule has 4 aliphatic rings. The summed E-state index contributed by atoms with van der Waals surface area (Å²) in [5.41, 5.74) is 2.37. The van der Waals surface area contributed by atoms with E-state index in [9.17, 15) is 4.39 Å². The average molecular weight is 503 g/mol. The van der Waals surface area contributed by atoms with Crippen LogP contribution >= 0.6 is 15.9 Å². The summed E-state index contributed by atoms with van der Waals surface area (Å²) in [5.74, 6) is 1.66. The number of halogens is 2. The van der Waals surface area contributed by atoms with E-state index in [1.54, 1.807) is 6.20 Å². The van der Waals surface area contributed by atoms with Gasteiger partial charge in [0, 0.05) is 48.9 Å². The minimum atomic E-state index is -0.152. The molecule has 32 heavy (non-hydrogen) atoms. The number of amidine groups is 1. The zero-order valence-electron chi connectivity index (χ0n) is 18.4. The molecule has 1 N–H and O–H groups in total. The van der Waals surface area contributed by atoms with E-state index in [0.717, 1.165) is 50.2 Å². The number of aromatic nitrogens is 1. The maximum Gasteiger partial charge on any atom is 0.148 e. The fraction of sp³-hybridized carbons (Fsp3) is 0.625. The Balaban J connectivity index is 1.31. The third kappa shape index (κ3) is 4.76. The van der Waals surface area contributed by atoms with Crippen molar-refractivity contribution >= 4 is 28.0 Å². The van der Waals surface area contributed by atoms with Crippen LogP contribution in [0.15, 0.2) is 46.4 Å². The number of pyridine rings is 1. The Kier molecular flexibility index (Phi) is 6.88. The van der Waals surface area contributed by atoms with Crippen LogP contribution in [0.3, 0.4) is 0 Å². The van der Waals surface area contributed by atoms with Gasteiger partial charge in [-0.05, 0) is 62.6 Å². The van der Waals surface area contributed by atoms with Crippen LogP contribution in [0.2, 0.25) is 0 Å². The number of hydrogen-bond acceptors (Lipinski definition) is 5. The summed E-state index contributed by atoms with van der Waals surface area (Å²) in [7, 11) is 0. The number of nitrogens with one attached hydrogen (secondary N) is 1. The second kappa shape index (κ2) is 10.00. The first-order chi connectivity index (χ1) is 15.7. The molecule has 3 unspecified atom stereocenters. The molecular weight excluding hydrogens is 471 g/mol. The minimum Gasteiger partial charge on any atom is -0.365 e. The number of fused-ring (bicyclic) bond motifs is 1. The van der Waals surface area contributed by atoms with Crippen molar-refractivity contribution in [3.63, 3.8) is 0 Å². The highest BCUT2D eigenvalue weighted by Gasteiger charge is 2.38. The van der Waals surface area contributed by atoms with E-state index in [4.69, 9.17) is 4.99 Å². The van der Waals surface area contributed by atoms with Crippen LogP contribution in [0.5, 0.6) is 0 Å². The number of hydrazone groups is 1. The SMILES string of the molecule is FCC1CCC(N2CCCC(C3=CC(=NCc4cccnc4)N4N=CC(Br)C4N3)C2)CC1. The molecule has 2 fully saturated rings. The lowest BCUT2D eigenvalue weighted by atomic mass is 9.84. The summed E-state index contributed by atoms with van der Waals surface area (Å²) in [5, 5.41) is 10.3. The summed E-state index contributed by atoms with van der Waals surface area (Å²) in [6.07, 6.45) is 14.6. The summed E-state index contributed by atoms with van der Waals surface area (Å²) in [6, 6.07) is 4.61. The lowest BCUT2D eigenvalue weighted by Crippen LogP contribution is -2.53. The van der Waals surface area contributed by atoms with Crippen molar-refractivity contribution in [3.05, 3.63) is 41.9 Å². The maximum absolute atomic E-state index is 13.0. The van der Waals surface area contributed by atoms with Gasteiger partial charge in [0.05, 0.1) is 18.0 Å². The highest BCUT2D eigenvalue weighted by molar-refractivity contribution is 9.10. The van der Waals surface area contributed by atoms with Gasteiger partial charge in [-0.3, -0.25) is 19.3 Å². The number of aliphatic imine (C=N–C) groups is 1. The molecule has 3 atom stereocenters. The Labute approximate surface area is 198 Å². The van der Waals surface area contributed by atoms with Crippen LogP contribution in [0.1, 0.15) is 44.1 Å². The molecule has 0 aromatic carbocycles. The van der Waals surface area contributed by atoms with E-state index in [1.165, 1.54) is 18.5 Å². The van der Waals surface area contributed by atoms with Gasteiger partial charge in [-0.15, -0.1) is 0 Å². The van der Waals surface area contributed by atoms with E-state index < -0.39 is 0 Å². The minimum absolute atomic E-state index is 0.0537. The van der Waals surface area contributed by atoms with Crippen LogP contribution in [-0.4, -0.2) is 63.7 Å². The first-order valence-corrected chi connectivity index (χ1v) is 12.8. The van der Waals surface area contributed by atoms with Gasteiger partial charge in [0.15, 0.2) is 0 Å². The molecule has 1 saturated carbocycles. The fourth-order valence-corrected chi connectivity index (χ4v) is 5.92. The number of nitrogens with zero attached hydrogens (tertiary/aromatic N) is 5. The molecule has 5 rings (SSSR count). The van der Waals surface area contributed by atoms with Crippen LogP contribution in [-0.2, 0) is 6.54 Å². The second-order valence-electron chi connectivity index (χ2n) is 9.44. The molecule has 1 aromatic heterocycles. The Morgan fingerprint density at radius 3 is 2.88 bits per heavy atom. The van der Waals surface area contributed by atoms with Crippen molar-refractivity contribution in [2.75, 3.05) is 19.8 Å². The fourth-order valence-electron chi connectivity index (χ4n) is 5.46. The van der Waals surface area contributed by atoms with Crippen molar-refractivity contribution in [2.45, 2.75) is 62.1 Å². The monoisotopic (exact) mass is 502 g/mol. The third-order valence-electron chi connectivity index (χ3n) is 7.32. The lowest BCUT2D eigenvalue weighted by Gasteiger charge is -2.43. The zero-order valence-corrected chi connectivity index (χ0v) is 20.0. The molecule has 8 heteroatoms. The predicted octanol–water partition coefficient (Wildman–Crippen LogP) is 4.10. The van der Waals surface area contributed by atoms with Gasteiger partial charge in [0.2, 0.25) is 0 Å². The standard InChI is InChI=1S/C24H32BrFN6/c25-21-15-29-32-23(28-14-18-3-1-9-27-13-18)11-22(30-24(21)32)19-4-2-10-31(16-19)20-7-5-17(12-26)6-8-20/h1,3,9,11,13,15,17,19-21,24,30H,2,4-8,10,12,14,16H2. The summed E-state index contributed by atoms with van der Waals surface area (Å²) in [6.45, 7) is 2.67. The van der Waals surface area contributed by atoms with Crippen molar-refractivity contribution in [1.29, 1.82) is 0 Å². The number of likely N-dealkylation sites (tertiary alicyclic amines) is 1. The normalized spacial score (nSPS) is 34.3. The van der Waals surface area contributed by atoms with Gasteiger partial charge in [-0.1, -0.05) is 22.0 Å². The van der Waals surface area contributed by atoms with Crippen LogP contribution in [0.4, 0.5) is 4.39 Å². The first-order valence-electron chi connectivity index (χ1n) is 11.9. The van der Waals surface area contributed by atoms with Gasteiger partial charge < -0.3 is 5.32 Å². The number of piperidine rings is 1. The van der Waals surface area contributed by atoms with Crippen LogP contribution in [0, 0.1) is 11.8 Å². The van der Waals surface area contributed by atoms with Gasteiger partial charge >= 0.3 is 0 Å². The Morgan fingerprint density at radius 2 is 2.09 bits per heavy atom. The third-order valence-corrected chi connectivity index (χ3v) is 8.06. The highest BCUT2D eigenvalue weighted by Crippen LogP contribution is 2.33. The number of hydrogen-bond donors (Lipinski definition) is 1. The number of rotatable bonds is 5. The van der Waals surface area contributed by atoms with E-state index in [2.05, 4.69) is 48.4 Å². The van der Waals surface area contributed by atoms with Gasteiger partial charge in [0.1, 0.15) is 12.0 Å². The number of alkyl halides is 2. The predicted molar refractivity (Wildman–Crippen MR) is 129 cm³/mol. The summed E-state index contributed by atoms with van der Waals surface area (Å²) < 4.78 is 13.0. The van der Waals surface area contributed by atoms with Crippen molar-refractivity contribution in [3.8, 4) is 0 Å². The molecule has 0 spiro atoms. The van der Waals surface area contributed by atoms with E-state index >= 15 is 0 Å². The van der Waals surface area contributed by atoms with E-state index in [1.807, 2.05) is 23.5 Å². The quantitative estimate of drug-likeness (QED) is 0.615. The molecule has 6 nitrogen and oxygen atoms in total. The van der Waals surface area contributed by atoms with E-state index in [-0.39, 0.29) is 23.6 Å². The molecule has 1 saturated heterocycles. The molecule has 1 aliphatic carbocycles. The molecule has 0 bridgehead atoms. The molecule has 4 heterocycles. The van der Waals surface area contributed by atoms with E-state index in [0.29, 0.717) is 18.5 Å². The molecule has 1 aromatic rings. The van der Waals surface area contributed by atoms with Gasteiger partial charge in [-0.2, -0.15) is 5.10 Å². The molecule has 0 amide bonds. The van der Waals surface area contributed by atoms with Crippen LogP contribution < -0.4 is 5.32 Å². The summed E-state index contributed by atoms with van der Waals surface area (Å²) >= 11 is 3.76. The molecule has 3 aliphatic heterocycles. The van der Waals surface area contributed by atoms with Crippen molar-refractivity contribution in [2.24, 2.45) is 21.9 Å². The molecule has 0 radical (unpaired) electrons. The smallest absolute Gasteiger partial charge is 0.148 e. The van der Waals surface area contributed by atoms with Crippen molar-refractivity contribution in [1.82, 2.24) is 20.2 Å².